The summed E-state index contributed by atoms with van der Waals surface area (Å²) in [6, 6.07) is 20.6. The average Bonchev–Trinajstić information content (AvgIpc) is 2.91. The van der Waals surface area contributed by atoms with Gasteiger partial charge in [0, 0.05) is 13.1 Å². The molecule has 0 fully saturated rings. The maximum absolute atomic E-state index is 14.0. The molecule has 2 amide bonds. The summed E-state index contributed by atoms with van der Waals surface area (Å²) in [7, 11) is -4.09. The summed E-state index contributed by atoms with van der Waals surface area (Å²) in [5.41, 5.74) is 3.92. The lowest BCUT2D eigenvalue weighted by atomic mass is 10.1. The summed E-state index contributed by atoms with van der Waals surface area (Å²) < 4.78 is 29.1. The Morgan fingerprint density at radius 1 is 0.897 bits per heavy atom. The van der Waals surface area contributed by atoms with E-state index >= 15 is 0 Å². The maximum Gasteiger partial charge on any atom is 0.264 e. The highest BCUT2D eigenvalue weighted by Crippen LogP contribution is 2.28. The van der Waals surface area contributed by atoms with E-state index in [4.69, 9.17) is 0 Å². The normalized spacial score (nSPS) is 12.0. The molecule has 3 aromatic carbocycles. The molecule has 3 aromatic rings. The van der Waals surface area contributed by atoms with E-state index in [0.29, 0.717) is 12.2 Å². The van der Waals surface area contributed by atoms with Crippen molar-refractivity contribution in [3.63, 3.8) is 0 Å². The van der Waals surface area contributed by atoms with Crippen molar-refractivity contribution in [2.24, 2.45) is 0 Å². The van der Waals surface area contributed by atoms with E-state index in [1.807, 2.05) is 70.2 Å². The average molecular weight is 550 g/mol. The van der Waals surface area contributed by atoms with Crippen molar-refractivity contribution in [1.29, 1.82) is 0 Å². The number of nitrogens with one attached hydrogen (secondary N) is 1. The molecular weight excluding hydrogens is 510 g/mol. The summed E-state index contributed by atoms with van der Waals surface area (Å²) >= 11 is 0. The molecular formula is C31H39N3O4S. The van der Waals surface area contributed by atoms with Crippen molar-refractivity contribution >= 4 is 27.5 Å². The summed E-state index contributed by atoms with van der Waals surface area (Å²) in [6.07, 6.45) is 1.77. The van der Waals surface area contributed by atoms with Crippen molar-refractivity contribution in [3.05, 3.63) is 95.1 Å². The fourth-order valence-corrected chi connectivity index (χ4v) is 5.81. The van der Waals surface area contributed by atoms with Gasteiger partial charge in [0.2, 0.25) is 11.8 Å². The van der Waals surface area contributed by atoms with E-state index in [1.165, 1.54) is 4.90 Å². The summed E-state index contributed by atoms with van der Waals surface area (Å²) in [4.78, 5) is 28.5. The van der Waals surface area contributed by atoms with E-state index < -0.39 is 28.5 Å². The standard InChI is InChI=1S/C31H39N3O4S/c1-6-7-19-32-31(36)26(5)33(21-27-11-9-8-10-12-27)30(35)22-34(29-18-15-24(3)20-25(29)4)39(37,38)28-16-13-23(2)14-17-28/h8-18,20,26H,6-7,19,21-22H2,1-5H3,(H,32,36)/t26-/m1/s1. The molecule has 0 unspecified atom stereocenters. The molecule has 39 heavy (non-hydrogen) atoms. The Morgan fingerprint density at radius 3 is 2.15 bits per heavy atom. The molecule has 0 aromatic heterocycles. The number of aryl methyl sites for hydroxylation is 3. The number of sulfonamides is 1. The molecule has 0 spiro atoms. The second kappa shape index (κ2) is 13.4. The molecule has 1 atom stereocenters. The van der Waals surface area contributed by atoms with E-state index in [0.717, 1.165) is 39.4 Å². The second-order valence-corrected chi connectivity index (χ2v) is 11.8. The number of carbonyl (C=O) groups is 2. The highest BCUT2D eigenvalue weighted by atomic mass is 32.2. The first-order valence-electron chi connectivity index (χ1n) is 13.3. The van der Waals surface area contributed by atoms with Gasteiger partial charge in [-0.1, -0.05) is 79.1 Å². The summed E-state index contributed by atoms with van der Waals surface area (Å²) in [5, 5.41) is 2.90. The van der Waals surface area contributed by atoms with Gasteiger partial charge in [0.15, 0.2) is 0 Å². The molecule has 0 aliphatic rings. The SMILES string of the molecule is CCCCNC(=O)[C@@H](C)N(Cc1ccccc1)C(=O)CN(c1ccc(C)cc1C)S(=O)(=O)c1ccc(C)cc1. The molecule has 0 saturated heterocycles. The Hall–Kier alpha value is -3.65. The van der Waals surface area contributed by atoms with Gasteiger partial charge >= 0.3 is 0 Å². The van der Waals surface area contributed by atoms with Gasteiger partial charge in [-0.2, -0.15) is 0 Å². The first-order chi connectivity index (χ1) is 18.5. The fourth-order valence-electron chi connectivity index (χ4n) is 4.33. The number of amides is 2. The fraction of sp³-hybridized carbons (Fsp3) is 0.355. The zero-order valence-corrected chi connectivity index (χ0v) is 24.3. The number of anilines is 1. The second-order valence-electron chi connectivity index (χ2n) is 9.94. The predicted molar refractivity (Wildman–Crippen MR) is 156 cm³/mol. The van der Waals surface area contributed by atoms with Gasteiger partial charge in [0.05, 0.1) is 10.6 Å². The smallest absolute Gasteiger partial charge is 0.264 e. The lowest BCUT2D eigenvalue weighted by molar-refractivity contribution is -0.139. The number of hydrogen-bond acceptors (Lipinski definition) is 4. The van der Waals surface area contributed by atoms with Gasteiger partial charge in [-0.05, 0) is 63.4 Å². The molecule has 0 aliphatic heterocycles. The number of hydrogen-bond donors (Lipinski definition) is 1. The Bertz CT molecular complexity index is 1370. The summed E-state index contributed by atoms with van der Waals surface area (Å²) in [5.74, 6) is -0.736. The van der Waals surface area contributed by atoms with Crippen LogP contribution in [0.4, 0.5) is 5.69 Å². The van der Waals surface area contributed by atoms with Crippen molar-refractivity contribution in [2.45, 2.75) is 64.9 Å². The highest BCUT2D eigenvalue weighted by molar-refractivity contribution is 7.92. The number of nitrogens with zero attached hydrogens (tertiary/aromatic N) is 2. The van der Waals surface area contributed by atoms with Crippen LogP contribution < -0.4 is 9.62 Å². The third-order valence-electron chi connectivity index (χ3n) is 6.70. The van der Waals surface area contributed by atoms with Gasteiger partial charge in [-0.15, -0.1) is 0 Å². The molecule has 0 heterocycles. The van der Waals surface area contributed by atoms with Crippen LogP contribution in [0, 0.1) is 20.8 Å². The third-order valence-corrected chi connectivity index (χ3v) is 8.48. The topological polar surface area (TPSA) is 86.8 Å². The number of unbranched alkanes of at least 4 members (excludes halogenated alkanes) is 1. The third kappa shape index (κ3) is 7.69. The Balaban J connectivity index is 2.02. The molecule has 3 rings (SSSR count). The largest absolute Gasteiger partial charge is 0.354 e. The van der Waals surface area contributed by atoms with E-state index in [-0.39, 0.29) is 17.3 Å². The van der Waals surface area contributed by atoms with Crippen molar-refractivity contribution in [1.82, 2.24) is 10.2 Å². The van der Waals surface area contributed by atoms with E-state index in [2.05, 4.69) is 5.32 Å². The minimum Gasteiger partial charge on any atom is -0.354 e. The molecule has 0 bridgehead atoms. The molecule has 0 saturated carbocycles. The molecule has 0 aliphatic carbocycles. The first kappa shape index (κ1) is 29.9. The minimum atomic E-state index is -4.09. The maximum atomic E-state index is 14.0. The molecule has 1 N–H and O–H groups in total. The van der Waals surface area contributed by atoms with Crippen LogP contribution in [0.2, 0.25) is 0 Å². The van der Waals surface area contributed by atoms with Crippen LogP contribution >= 0.6 is 0 Å². The van der Waals surface area contributed by atoms with Gasteiger partial charge < -0.3 is 10.2 Å². The number of rotatable bonds is 12. The van der Waals surface area contributed by atoms with Crippen LogP contribution in [-0.2, 0) is 26.2 Å². The Labute approximate surface area is 232 Å². The zero-order valence-electron chi connectivity index (χ0n) is 23.5. The van der Waals surface area contributed by atoms with Crippen molar-refractivity contribution in [3.8, 4) is 0 Å². The van der Waals surface area contributed by atoms with Crippen LogP contribution in [0.25, 0.3) is 0 Å². The van der Waals surface area contributed by atoms with Crippen molar-refractivity contribution < 1.29 is 18.0 Å². The Kier molecular flexibility index (Phi) is 10.3. The van der Waals surface area contributed by atoms with Crippen LogP contribution in [0.3, 0.4) is 0 Å². The van der Waals surface area contributed by atoms with Gasteiger partial charge in [-0.25, -0.2) is 8.42 Å². The molecule has 208 valence electrons. The Morgan fingerprint density at radius 2 is 1.54 bits per heavy atom. The summed E-state index contributed by atoms with van der Waals surface area (Å²) in [6.45, 7) is 9.61. The highest BCUT2D eigenvalue weighted by Gasteiger charge is 2.33. The van der Waals surface area contributed by atoms with Crippen molar-refractivity contribution in [2.75, 3.05) is 17.4 Å². The molecule has 8 heteroatoms. The first-order valence-corrected chi connectivity index (χ1v) is 14.8. The quantitative estimate of drug-likeness (QED) is 0.317. The minimum absolute atomic E-state index is 0.0980. The number of benzene rings is 3. The van der Waals surface area contributed by atoms with Crippen LogP contribution in [-0.4, -0.2) is 44.3 Å². The van der Waals surface area contributed by atoms with Gasteiger partial charge in [-0.3, -0.25) is 13.9 Å². The molecule has 7 nitrogen and oxygen atoms in total. The zero-order chi connectivity index (χ0) is 28.6. The number of carbonyl (C=O) groups excluding carboxylic acids is 2. The van der Waals surface area contributed by atoms with E-state index in [1.54, 1.807) is 37.3 Å². The predicted octanol–water partition coefficient (Wildman–Crippen LogP) is 5.14. The van der Waals surface area contributed by atoms with Gasteiger partial charge in [0.25, 0.3) is 10.0 Å². The van der Waals surface area contributed by atoms with Crippen LogP contribution in [0.15, 0.2) is 77.7 Å². The lowest BCUT2D eigenvalue weighted by Gasteiger charge is -2.32. The lowest BCUT2D eigenvalue weighted by Crippen LogP contribution is -2.51. The monoisotopic (exact) mass is 549 g/mol. The van der Waals surface area contributed by atoms with E-state index in [9.17, 15) is 18.0 Å². The van der Waals surface area contributed by atoms with Gasteiger partial charge in [0.1, 0.15) is 12.6 Å². The van der Waals surface area contributed by atoms with Crippen LogP contribution in [0.1, 0.15) is 48.9 Å². The molecule has 0 radical (unpaired) electrons. The van der Waals surface area contributed by atoms with Crippen LogP contribution in [0.5, 0.6) is 0 Å².